The molecule has 1 saturated heterocycles. The lowest BCUT2D eigenvalue weighted by Crippen LogP contribution is -2.36. The molecule has 1 amide bonds. The Morgan fingerprint density at radius 2 is 1.97 bits per heavy atom. The van der Waals surface area contributed by atoms with Crippen LogP contribution in [0.2, 0.25) is 0 Å². The fourth-order valence-corrected chi connectivity index (χ4v) is 4.58. The van der Waals surface area contributed by atoms with Gasteiger partial charge < -0.3 is 0 Å². The normalized spacial score (nSPS) is 18.7. The van der Waals surface area contributed by atoms with Crippen LogP contribution in [-0.2, 0) is 17.8 Å². The van der Waals surface area contributed by atoms with E-state index in [1.807, 2.05) is 37.3 Å². The van der Waals surface area contributed by atoms with E-state index in [0.717, 1.165) is 48.0 Å². The second-order valence-corrected chi connectivity index (χ2v) is 8.50. The minimum Gasteiger partial charge on any atom is -0.294 e. The van der Waals surface area contributed by atoms with Crippen molar-refractivity contribution in [2.24, 2.45) is 0 Å². The summed E-state index contributed by atoms with van der Waals surface area (Å²) in [5.41, 5.74) is 3.09. The van der Waals surface area contributed by atoms with Crippen molar-refractivity contribution in [2.75, 3.05) is 24.5 Å². The molecule has 3 aromatic rings. The van der Waals surface area contributed by atoms with Gasteiger partial charge in [0.1, 0.15) is 11.6 Å². The van der Waals surface area contributed by atoms with Gasteiger partial charge in [-0.05, 0) is 37.9 Å². The fourth-order valence-electron chi connectivity index (χ4n) is 4.58. The van der Waals surface area contributed by atoms with E-state index in [4.69, 9.17) is 9.97 Å². The minimum absolute atomic E-state index is 0.0437. The van der Waals surface area contributed by atoms with Crippen LogP contribution in [-0.4, -0.2) is 56.1 Å². The van der Waals surface area contributed by atoms with E-state index in [1.165, 1.54) is 4.68 Å². The van der Waals surface area contributed by atoms with Gasteiger partial charge in [-0.1, -0.05) is 30.3 Å². The number of nitrogens with zero attached hydrogens (tertiary/aromatic N) is 6. The first kappa shape index (κ1) is 20.5. The van der Waals surface area contributed by atoms with E-state index >= 15 is 0 Å². The summed E-state index contributed by atoms with van der Waals surface area (Å²) in [5, 5.41) is 4.02. The molecule has 8 nitrogen and oxygen atoms in total. The summed E-state index contributed by atoms with van der Waals surface area (Å²) in [6.07, 6.45) is 5.33. The number of benzene rings is 1. The van der Waals surface area contributed by atoms with E-state index in [2.05, 4.69) is 10.00 Å². The van der Waals surface area contributed by atoms with E-state index in [-0.39, 0.29) is 17.7 Å². The van der Waals surface area contributed by atoms with E-state index in [1.54, 1.807) is 23.4 Å². The van der Waals surface area contributed by atoms with Crippen LogP contribution in [0.3, 0.4) is 0 Å². The van der Waals surface area contributed by atoms with Gasteiger partial charge in [-0.3, -0.25) is 19.4 Å². The third-order valence-corrected chi connectivity index (χ3v) is 6.29. The molecule has 5 rings (SSSR count). The van der Waals surface area contributed by atoms with Crippen molar-refractivity contribution in [1.82, 2.24) is 24.6 Å². The van der Waals surface area contributed by atoms with Crippen molar-refractivity contribution in [1.29, 1.82) is 0 Å². The molecule has 0 N–H and O–H groups in total. The number of hydrogen-bond donors (Lipinski definition) is 0. The molecule has 2 aliphatic heterocycles. The molecule has 4 heterocycles. The lowest BCUT2D eigenvalue weighted by Gasteiger charge is -2.30. The molecule has 0 unspecified atom stereocenters. The van der Waals surface area contributed by atoms with Gasteiger partial charge in [0.2, 0.25) is 5.91 Å². The molecule has 164 valence electrons. The Labute approximate surface area is 186 Å². The maximum atomic E-state index is 12.8. The highest BCUT2D eigenvalue weighted by Crippen LogP contribution is 2.33. The number of aryl methyl sites for hydroxylation is 1. The van der Waals surface area contributed by atoms with Gasteiger partial charge in [0, 0.05) is 42.5 Å². The summed E-state index contributed by atoms with van der Waals surface area (Å²) < 4.78 is 1.37. The number of carbonyl (C=O) groups is 2. The number of aromatic nitrogens is 4. The van der Waals surface area contributed by atoms with Gasteiger partial charge >= 0.3 is 0 Å². The number of likely N-dealkylation sites (tertiary alicyclic amines) is 1. The highest BCUT2D eigenvalue weighted by atomic mass is 16.2. The van der Waals surface area contributed by atoms with Crippen LogP contribution in [0.25, 0.3) is 0 Å². The van der Waals surface area contributed by atoms with Crippen molar-refractivity contribution in [3.05, 3.63) is 71.4 Å². The van der Waals surface area contributed by atoms with E-state index in [0.29, 0.717) is 25.9 Å². The first-order chi connectivity index (χ1) is 15.6. The monoisotopic (exact) mass is 430 g/mol. The highest BCUT2D eigenvalue weighted by molar-refractivity contribution is 5.95. The average Bonchev–Trinajstić information content (AvgIpc) is 3.49. The van der Waals surface area contributed by atoms with Gasteiger partial charge in [0.05, 0.1) is 13.1 Å². The third-order valence-electron chi connectivity index (χ3n) is 6.29. The Morgan fingerprint density at radius 1 is 1.12 bits per heavy atom. The van der Waals surface area contributed by atoms with Gasteiger partial charge in [0.15, 0.2) is 0 Å². The summed E-state index contributed by atoms with van der Waals surface area (Å²) in [6, 6.07) is 11.8. The number of hydrogen-bond acceptors (Lipinski definition) is 6. The Morgan fingerprint density at radius 3 is 2.75 bits per heavy atom. The Hall–Kier alpha value is -3.39. The minimum atomic E-state index is -0.0437. The first-order valence-electron chi connectivity index (χ1n) is 11.1. The number of carbonyl (C=O) groups excluding carboxylic acids is 2. The maximum absolute atomic E-state index is 12.8. The maximum Gasteiger partial charge on any atom is 0.260 e. The molecule has 1 atom stereocenters. The van der Waals surface area contributed by atoms with E-state index in [9.17, 15) is 9.59 Å². The van der Waals surface area contributed by atoms with Crippen LogP contribution in [0.15, 0.2) is 48.8 Å². The zero-order valence-electron chi connectivity index (χ0n) is 18.1. The van der Waals surface area contributed by atoms with Crippen molar-refractivity contribution < 1.29 is 9.59 Å². The number of rotatable bonds is 5. The van der Waals surface area contributed by atoms with Crippen LogP contribution in [0.5, 0.6) is 0 Å². The Kier molecular flexibility index (Phi) is 5.53. The smallest absolute Gasteiger partial charge is 0.260 e. The number of amides is 1. The molecule has 0 radical (unpaired) electrons. The molecule has 0 spiro atoms. The zero-order chi connectivity index (χ0) is 22.1. The predicted molar refractivity (Wildman–Crippen MR) is 119 cm³/mol. The molecule has 32 heavy (non-hydrogen) atoms. The summed E-state index contributed by atoms with van der Waals surface area (Å²) in [5.74, 6) is 1.71. The summed E-state index contributed by atoms with van der Waals surface area (Å²) in [7, 11) is 0. The number of anilines is 1. The van der Waals surface area contributed by atoms with Crippen molar-refractivity contribution >= 4 is 17.6 Å². The predicted octanol–water partition coefficient (Wildman–Crippen LogP) is 2.59. The Balaban J connectivity index is 1.36. The zero-order valence-corrected chi connectivity index (χ0v) is 18.1. The average molecular weight is 431 g/mol. The fraction of sp³-hybridized carbons (Fsp3) is 0.375. The molecule has 1 fully saturated rings. The largest absolute Gasteiger partial charge is 0.294 e. The summed E-state index contributed by atoms with van der Waals surface area (Å²) >= 11 is 0. The van der Waals surface area contributed by atoms with Crippen LogP contribution >= 0.6 is 0 Å². The molecule has 1 aromatic carbocycles. The first-order valence-corrected chi connectivity index (χ1v) is 11.1. The quantitative estimate of drug-likeness (QED) is 0.619. The molecule has 2 aromatic heterocycles. The van der Waals surface area contributed by atoms with Crippen molar-refractivity contribution in [3.8, 4) is 0 Å². The van der Waals surface area contributed by atoms with Gasteiger partial charge in [-0.15, -0.1) is 0 Å². The molecule has 0 saturated carbocycles. The second-order valence-electron chi connectivity index (χ2n) is 8.50. The lowest BCUT2D eigenvalue weighted by atomic mass is 10.0. The molecular weight excluding hydrogens is 404 g/mol. The highest BCUT2D eigenvalue weighted by Gasteiger charge is 2.32. The number of fused-ring (bicyclic) bond motifs is 1. The standard InChI is InChI=1S/C24H26N6O2/c1-17-20-8-9-21(31)29(14-18-6-3-2-4-7-18)24(20)27-23(26-17)19-10-13-28(15-19)16-22(32)30-12-5-11-25-30/h2-7,11-12,19H,8-10,13-16H2,1H3/t19-/m1/s1. The van der Waals surface area contributed by atoms with E-state index < -0.39 is 0 Å². The SMILES string of the molecule is Cc1nc([C@@H]2CCN(CC(=O)n3cccn3)C2)nc2c1CCC(=O)N2Cc1ccccc1. The van der Waals surface area contributed by atoms with Crippen molar-refractivity contribution in [3.63, 3.8) is 0 Å². The molecule has 8 heteroatoms. The van der Waals surface area contributed by atoms with Crippen LogP contribution in [0.4, 0.5) is 5.82 Å². The Bertz CT molecular complexity index is 1130. The summed E-state index contributed by atoms with van der Waals surface area (Å²) in [4.78, 5) is 38.9. The van der Waals surface area contributed by atoms with Gasteiger partial charge in [-0.2, -0.15) is 5.10 Å². The topological polar surface area (TPSA) is 84.2 Å². The molecule has 0 aliphatic carbocycles. The molecular formula is C24H26N6O2. The van der Waals surface area contributed by atoms with Crippen LogP contribution < -0.4 is 4.90 Å². The molecule has 0 bridgehead atoms. The van der Waals surface area contributed by atoms with Crippen LogP contribution in [0, 0.1) is 6.92 Å². The summed E-state index contributed by atoms with van der Waals surface area (Å²) in [6.45, 7) is 4.37. The third kappa shape index (κ3) is 4.05. The van der Waals surface area contributed by atoms with Gasteiger partial charge in [0.25, 0.3) is 5.91 Å². The molecule has 2 aliphatic rings. The van der Waals surface area contributed by atoms with Crippen molar-refractivity contribution in [2.45, 2.75) is 38.6 Å². The van der Waals surface area contributed by atoms with Gasteiger partial charge in [-0.25, -0.2) is 14.6 Å². The van der Waals surface area contributed by atoms with Crippen LogP contribution in [0.1, 0.15) is 46.2 Å². The second kappa shape index (κ2) is 8.63. The lowest BCUT2D eigenvalue weighted by molar-refractivity contribution is -0.119.